The first-order chi connectivity index (χ1) is 24.1. The van der Waals surface area contributed by atoms with Crippen LogP contribution in [0.25, 0.3) is 11.0 Å². The lowest BCUT2D eigenvalue weighted by Crippen LogP contribution is -2.40. The molecular formula is C39H38F2N4O5. The van der Waals surface area contributed by atoms with Crippen LogP contribution in [0.2, 0.25) is 0 Å². The second kappa shape index (κ2) is 14.9. The Bertz CT molecular complexity index is 1930. The number of fused-ring (bicyclic) bond motifs is 1. The number of nitrogens with one attached hydrogen (secondary N) is 1. The van der Waals surface area contributed by atoms with Crippen LogP contribution in [0, 0.1) is 17.6 Å². The Hall–Kier alpha value is -5.58. The molecule has 0 unspecified atom stereocenters. The van der Waals surface area contributed by atoms with Crippen LogP contribution in [0.4, 0.5) is 14.7 Å². The van der Waals surface area contributed by atoms with E-state index in [1.54, 1.807) is 19.2 Å². The number of imide groups is 1. The summed E-state index contributed by atoms with van der Waals surface area (Å²) in [7, 11) is 1.60. The average Bonchev–Trinajstić information content (AvgIpc) is 3.49. The van der Waals surface area contributed by atoms with E-state index in [0.29, 0.717) is 42.5 Å². The van der Waals surface area contributed by atoms with Crippen LogP contribution in [0.5, 0.6) is 11.5 Å². The van der Waals surface area contributed by atoms with E-state index in [0.717, 1.165) is 40.5 Å². The lowest BCUT2D eigenvalue weighted by Gasteiger charge is -2.32. The first-order valence-corrected chi connectivity index (χ1v) is 16.6. The molecule has 1 fully saturated rings. The standard InChI is InChI=1S/C39H38F2N4O5/c1-24(2)42-36(46)26-10-16-31(17-11-26)44-35-22-33(50-23-25-4-18-32(49-3)19-5-25)20-21-34(35)43-39(44)45(37(47)27-6-12-29(40)13-7-27)38(48)28-8-14-30(41)15-9-28/h4-9,12-15,18-22,24,26,31H,10-11,16-17,23H2,1-3H3,(H,42,46). The van der Waals surface area contributed by atoms with Crippen molar-refractivity contribution in [3.05, 3.63) is 119 Å². The quantitative estimate of drug-likeness (QED) is 0.152. The van der Waals surface area contributed by atoms with Crippen molar-refractivity contribution in [2.75, 3.05) is 12.0 Å². The predicted octanol–water partition coefficient (Wildman–Crippen LogP) is 7.65. The molecule has 1 aromatic heterocycles. The molecule has 3 amide bonds. The van der Waals surface area contributed by atoms with Crippen LogP contribution in [-0.4, -0.2) is 40.4 Å². The van der Waals surface area contributed by atoms with E-state index in [2.05, 4.69) is 5.32 Å². The maximum Gasteiger partial charge on any atom is 0.267 e. The number of anilines is 1. The highest BCUT2D eigenvalue weighted by Crippen LogP contribution is 2.39. The summed E-state index contributed by atoms with van der Waals surface area (Å²) in [6.45, 7) is 4.13. The number of rotatable bonds is 10. The first kappa shape index (κ1) is 34.3. The van der Waals surface area contributed by atoms with E-state index in [4.69, 9.17) is 14.5 Å². The molecule has 1 heterocycles. The van der Waals surface area contributed by atoms with Crippen LogP contribution < -0.4 is 19.7 Å². The molecule has 1 aliphatic rings. The molecular weight excluding hydrogens is 642 g/mol. The monoisotopic (exact) mass is 680 g/mol. The minimum Gasteiger partial charge on any atom is -0.497 e. The molecule has 1 saturated carbocycles. The highest BCUT2D eigenvalue weighted by Gasteiger charge is 2.35. The van der Waals surface area contributed by atoms with E-state index < -0.39 is 23.4 Å². The van der Waals surface area contributed by atoms with Crippen LogP contribution in [0.3, 0.4) is 0 Å². The van der Waals surface area contributed by atoms with Crippen molar-refractivity contribution in [2.45, 2.75) is 58.2 Å². The Kier molecular flexibility index (Phi) is 10.2. The van der Waals surface area contributed by atoms with Gasteiger partial charge in [-0.3, -0.25) is 14.4 Å². The number of benzene rings is 4. The molecule has 0 spiro atoms. The molecule has 1 aliphatic carbocycles. The third kappa shape index (κ3) is 7.51. The smallest absolute Gasteiger partial charge is 0.267 e. The predicted molar refractivity (Wildman–Crippen MR) is 185 cm³/mol. The Morgan fingerprint density at radius 3 is 1.92 bits per heavy atom. The fraction of sp³-hybridized carbons (Fsp3) is 0.282. The number of nitrogens with zero attached hydrogens (tertiary/aromatic N) is 3. The SMILES string of the molecule is COc1ccc(COc2ccc3nc(N(C(=O)c4ccc(F)cc4)C(=O)c4ccc(F)cc4)n(C4CCC(C(=O)NC(C)C)CC4)c3c2)cc1. The minimum atomic E-state index is -0.725. The summed E-state index contributed by atoms with van der Waals surface area (Å²) in [6.07, 6.45) is 2.34. The number of ether oxygens (including phenoxy) is 2. The lowest BCUT2D eigenvalue weighted by molar-refractivity contribution is -0.126. The lowest BCUT2D eigenvalue weighted by atomic mass is 9.85. The van der Waals surface area contributed by atoms with Crippen LogP contribution in [0.15, 0.2) is 91.0 Å². The molecule has 1 N–H and O–H groups in total. The largest absolute Gasteiger partial charge is 0.497 e. The van der Waals surface area contributed by atoms with Gasteiger partial charge in [0.25, 0.3) is 11.8 Å². The second-order valence-corrected chi connectivity index (χ2v) is 12.7. The van der Waals surface area contributed by atoms with Crippen molar-refractivity contribution in [3.8, 4) is 11.5 Å². The fourth-order valence-electron chi connectivity index (χ4n) is 6.27. The Morgan fingerprint density at radius 1 is 0.820 bits per heavy atom. The van der Waals surface area contributed by atoms with E-state index in [1.165, 1.54) is 24.3 Å². The number of hydrogen-bond acceptors (Lipinski definition) is 6. The molecule has 0 atom stereocenters. The number of aromatic nitrogens is 2. The van der Waals surface area contributed by atoms with Crippen molar-refractivity contribution in [3.63, 3.8) is 0 Å². The number of carbonyl (C=O) groups excluding carboxylic acids is 3. The molecule has 0 bridgehead atoms. The average molecular weight is 681 g/mol. The van der Waals surface area contributed by atoms with Gasteiger partial charge in [0, 0.05) is 35.2 Å². The molecule has 5 aromatic rings. The molecule has 6 rings (SSSR count). The van der Waals surface area contributed by atoms with Crippen molar-refractivity contribution in [1.82, 2.24) is 14.9 Å². The molecule has 0 saturated heterocycles. The molecule has 0 aliphatic heterocycles. The maximum atomic E-state index is 14.2. The van der Waals surface area contributed by atoms with Gasteiger partial charge in [-0.25, -0.2) is 18.7 Å². The summed E-state index contributed by atoms with van der Waals surface area (Å²) in [5.41, 5.74) is 2.21. The van der Waals surface area contributed by atoms with E-state index in [1.807, 2.05) is 48.7 Å². The third-order valence-corrected chi connectivity index (χ3v) is 8.86. The van der Waals surface area contributed by atoms with Crippen LogP contribution in [0.1, 0.15) is 71.9 Å². The molecule has 50 heavy (non-hydrogen) atoms. The molecule has 11 heteroatoms. The van der Waals surface area contributed by atoms with E-state index in [-0.39, 0.29) is 47.6 Å². The van der Waals surface area contributed by atoms with Gasteiger partial charge in [-0.05, 0) is 118 Å². The zero-order valence-electron chi connectivity index (χ0n) is 28.1. The van der Waals surface area contributed by atoms with Gasteiger partial charge in [0.2, 0.25) is 11.9 Å². The summed E-state index contributed by atoms with van der Waals surface area (Å²) in [5, 5.41) is 3.00. The van der Waals surface area contributed by atoms with E-state index >= 15 is 0 Å². The number of halogens is 2. The van der Waals surface area contributed by atoms with Crippen molar-refractivity contribution < 1.29 is 32.6 Å². The van der Waals surface area contributed by atoms with Crippen LogP contribution in [-0.2, 0) is 11.4 Å². The normalized spacial score (nSPS) is 15.9. The highest BCUT2D eigenvalue weighted by molar-refractivity contribution is 6.25. The Balaban J connectivity index is 1.43. The number of amides is 3. The summed E-state index contributed by atoms with van der Waals surface area (Å²) < 4.78 is 41.1. The molecule has 4 aromatic carbocycles. The van der Waals surface area contributed by atoms with Crippen LogP contribution >= 0.6 is 0 Å². The summed E-state index contributed by atoms with van der Waals surface area (Å²) in [5.74, 6) is -1.35. The molecule has 0 radical (unpaired) electrons. The van der Waals surface area contributed by atoms with Crippen molar-refractivity contribution in [2.24, 2.45) is 5.92 Å². The topological polar surface area (TPSA) is 103 Å². The minimum absolute atomic E-state index is 0.00276. The van der Waals surface area contributed by atoms with Gasteiger partial charge < -0.3 is 19.4 Å². The Morgan fingerprint density at radius 2 is 1.38 bits per heavy atom. The summed E-state index contributed by atoms with van der Waals surface area (Å²) in [6, 6.07) is 22.5. The first-order valence-electron chi connectivity index (χ1n) is 16.6. The number of methoxy groups -OCH3 is 1. The fourth-order valence-corrected chi connectivity index (χ4v) is 6.27. The van der Waals surface area contributed by atoms with Gasteiger partial charge in [0.1, 0.15) is 29.7 Å². The van der Waals surface area contributed by atoms with Gasteiger partial charge >= 0.3 is 0 Å². The van der Waals surface area contributed by atoms with Gasteiger partial charge in [-0.1, -0.05) is 12.1 Å². The summed E-state index contributed by atoms with van der Waals surface area (Å²) in [4.78, 5) is 47.2. The van der Waals surface area contributed by atoms with Crippen molar-refractivity contribution in [1.29, 1.82) is 0 Å². The number of imidazole rings is 1. The van der Waals surface area contributed by atoms with E-state index in [9.17, 15) is 23.2 Å². The zero-order valence-corrected chi connectivity index (χ0v) is 28.1. The number of carbonyl (C=O) groups is 3. The highest BCUT2D eigenvalue weighted by atomic mass is 19.1. The van der Waals surface area contributed by atoms with Crippen molar-refractivity contribution >= 4 is 34.7 Å². The number of hydrogen-bond donors (Lipinski definition) is 1. The zero-order chi connectivity index (χ0) is 35.4. The van der Waals surface area contributed by atoms with Gasteiger partial charge in [-0.15, -0.1) is 0 Å². The third-order valence-electron chi connectivity index (χ3n) is 8.86. The Labute approximate surface area is 288 Å². The molecule has 258 valence electrons. The maximum absolute atomic E-state index is 14.2. The second-order valence-electron chi connectivity index (χ2n) is 12.7. The van der Waals surface area contributed by atoms with Gasteiger partial charge in [0.05, 0.1) is 18.1 Å². The molecule has 9 nitrogen and oxygen atoms in total. The van der Waals surface area contributed by atoms with Gasteiger partial charge in [-0.2, -0.15) is 0 Å². The summed E-state index contributed by atoms with van der Waals surface area (Å²) >= 11 is 0. The van der Waals surface area contributed by atoms with Gasteiger partial charge in [0.15, 0.2) is 0 Å².